The van der Waals surface area contributed by atoms with Gasteiger partial charge in [0.1, 0.15) is 5.75 Å². The van der Waals surface area contributed by atoms with E-state index in [0.29, 0.717) is 0 Å². The maximum Gasteiger partial charge on any atom is 0.244 e. The van der Waals surface area contributed by atoms with Crippen LogP contribution in [0.4, 0.5) is 0 Å². The average molecular weight is 310 g/mol. The van der Waals surface area contributed by atoms with E-state index in [-0.39, 0.29) is 12.3 Å². The number of hydrogen-bond donors (Lipinski definition) is 1. The van der Waals surface area contributed by atoms with E-state index < -0.39 is 0 Å². The first-order valence-electron chi connectivity index (χ1n) is 7.67. The lowest BCUT2D eigenvalue weighted by atomic mass is 10.1. The quantitative estimate of drug-likeness (QED) is 0.657. The predicted octanol–water partition coefficient (Wildman–Crippen LogP) is 3.34. The Morgan fingerprint density at radius 3 is 2.22 bits per heavy atom. The SMILES string of the molecule is CCc1ccc(C(C)=NNC(=O)Cc2ccc(OC)cc2)cc1. The molecule has 1 N–H and O–H groups in total. The van der Waals surface area contributed by atoms with Gasteiger partial charge in [-0.3, -0.25) is 4.79 Å². The Kier molecular flexibility index (Phi) is 5.92. The van der Waals surface area contributed by atoms with Crippen molar-refractivity contribution in [2.45, 2.75) is 26.7 Å². The van der Waals surface area contributed by atoms with Gasteiger partial charge in [-0.25, -0.2) is 5.43 Å². The molecule has 0 unspecified atom stereocenters. The molecule has 2 aromatic carbocycles. The lowest BCUT2D eigenvalue weighted by Gasteiger charge is -2.05. The van der Waals surface area contributed by atoms with Gasteiger partial charge in [0.15, 0.2) is 0 Å². The molecule has 0 heterocycles. The Morgan fingerprint density at radius 1 is 1.04 bits per heavy atom. The zero-order valence-electron chi connectivity index (χ0n) is 13.8. The molecule has 0 aliphatic heterocycles. The van der Waals surface area contributed by atoms with Crippen LogP contribution in [0.25, 0.3) is 0 Å². The van der Waals surface area contributed by atoms with Gasteiger partial charge < -0.3 is 4.74 Å². The fourth-order valence-corrected chi connectivity index (χ4v) is 2.16. The molecule has 4 nitrogen and oxygen atoms in total. The molecular weight excluding hydrogens is 288 g/mol. The lowest BCUT2D eigenvalue weighted by Crippen LogP contribution is -2.21. The number of carbonyl (C=O) groups is 1. The van der Waals surface area contributed by atoms with Crippen LogP contribution in [-0.4, -0.2) is 18.7 Å². The maximum atomic E-state index is 12.0. The molecule has 0 fully saturated rings. The molecule has 0 radical (unpaired) electrons. The number of ether oxygens (including phenoxy) is 1. The fraction of sp³-hybridized carbons (Fsp3) is 0.263. The van der Waals surface area contributed by atoms with Crippen molar-refractivity contribution in [1.82, 2.24) is 5.43 Å². The molecular formula is C19H22N2O2. The summed E-state index contributed by atoms with van der Waals surface area (Å²) in [5, 5.41) is 4.17. The highest BCUT2D eigenvalue weighted by atomic mass is 16.5. The number of nitrogens with one attached hydrogen (secondary N) is 1. The van der Waals surface area contributed by atoms with Crippen molar-refractivity contribution in [3.63, 3.8) is 0 Å². The van der Waals surface area contributed by atoms with Crippen LogP contribution in [0.2, 0.25) is 0 Å². The number of aryl methyl sites for hydroxylation is 1. The topological polar surface area (TPSA) is 50.7 Å². The summed E-state index contributed by atoms with van der Waals surface area (Å²) < 4.78 is 5.10. The number of rotatable bonds is 6. The Bertz CT molecular complexity index is 674. The Balaban J connectivity index is 1.93. The van der Waals surface area contributed by atoms with Gasteiger partial charge in [-0.1, -0.05) is 43.3 Å². The van der Waals surface area contributed by atoms with Crippen LogP contribution in [0.5, 0.6) is 5.75 Å². The van der Waals surface area contributed by atoms with Crippen LogP contribution >= 0.6 is 0 Å². The fourth-order valence-electron chi connectivity index (χ4n) is 2.16. The number of carbonyl (C=O) groups excluding carboxylic acids is 1. The van der Waals surface area contributed by atoms with Crippen LogP contribution in [-0.2, 0) is 17.6 Å². The van der Waals surface area contributed by atoms with Crippen molar-refractivity contribution >= 4 is 11.6 Å². The number of hydrogen-bond acceptors (Lipinski definition) is 3. The van der Waals surface area contributed by atoms with E-state index in [0.717, 1.165) is 29.0 Å². The third-order valence-electron chi connectivity index (χ3n) is 3.65. The van der Waals surface area contributed by atoms with Gasteiger partial charge in [-0.15, -0.1) is 0 Å². The molecule has 4 heteroatoms. The van der Waals surface area contributed by atoms with Crippen LogP contribution in [0.3, 0.4) is 0 Å². The summed E-state index contributed by atoms with van der Waals surface area (Å²) in [6, 6.07) is 15.6. The zero-order chi connectivity index (χ0) is 16.7. The molecule has 0 aromatic heterocycles. The second kappa shape index (κ2) is 8.13. The number of benzene rings is 2. The molecule has 23 heavy (non-hydrogen) atoms. The van der Waals surface area contributed by atoms with E-state index >= 15 is 0 Å². The third kappa shape index (κ3) is 4.95. The van der Waals surface area contributed by atoms with Gasteiger partial charge in [-0.05, 0) is 42.2 Å². The highest BCUT2D eigenvalue weighted by Crippen LogP contribution is 2.11. The third-order valence-corrected chi connectivity index (χ3v) is 3.65. The maximum absolute atomic E-state index is 12.0. The smallest absolute Gasteiger partial charge is 0.244 e. The van der Waals surface area contributed by atoms with E-state index in [4.69, 9.17) is 4.74 Å². The molecule has 0 saturated carbocycles. The largest absolute Gasteiger partial charge is 0.497 e. The van der Waals surface area contributed by atoms with E-state index in [1.807, 2.05) is 43.3 Å². The van der Waals surface area contributed by atoms with Gasteiger partial charge in [0.05, 0.1) is 19.2 Å². The first kappa shape index (κ1) is 16.7. The monoisotopic (exact) mass is 310 g/mol. The van der Waals surface area contributed by atoms with Crippen LogP contribution < -0.4 is 10.2 Å². The average Bonchev–Trinajstić information content (AvgIpc) is 2.60. The highest BCUT2D eigenvalue weighted by molar-refractivity contribution is 5.99. The van der Waals surface area contributed by atoms with Gasteiger partial charge in [0.2, 0.25) is 5.91 Å². The van der Waals surface area contributed by atoms with Crippen molar-refractivity contribution < 1.29 is 9.53 Å². The molecule has 0 saturated heterocycles. The standard InChI is InChI=1S/C19H22N2O2/c1-4-15-5-9-17(10-6-15)14(2)20-21-19(22)13-16-7-11-18(23-3)12-8-16/h5-12H,4,13H2,1-3H3,(H,21,22). The second-order valence-corrected chi connectivity index (χ2v) is 5.31. The van der Waals surface area contributed by atoms with Gasteiger partial charge in [0, 0.05) is 0 Å². The molecule has 0 spiro atoms. The summed E-state index contributed by atoms with van der Waals surface area (Å²) in [6.07, 6.45) is 1.30. The van der Waals surface area contributed by atoms with Crippen molar-refractivity contribution in [3.05, 3.63) is 65.2 Å². The summed E-state index contributed by atoms with van der Waals surface area (Å²) >= 11 is 0. The first-order chi connectivity index (χ1) is 11.1. The number of hydrazone groups is 1. The molecule has 0 bridgehead atoms. The van der Waals surface area contributed by atoms with Gasteiger partial charge >= 0.3 is 0 Å². The minimum atomic E-state index is -0.139. The van der Waals surface area contributed by atoms with E-state index in [2.05, 4.69) is 29.6 Å². The van der Waals surface area contributed by atoms with Crippen LogP contribution in [0, 0.1) is 0 Å². The first-order valence-corrected chi connectivity index (χ1v) is 7.67. The molecule has 0 atom stereocenters. The molecule has 0 aliphatic rings. The van der Waals surface area contributed by atoms with E-state index in [1.54, 1.807) is 7.11 Å². The minimum absolute atomic E-state index is 0.139. The lowest BCUT2D eigenvalue weighted by molar-refractivity contribution is -0.120. The normalized spacial score (nSPS) is 11.2. The predicted molar refractivity (Wildman–Crippen MR) is 92.9 cm³/mol. The summed E-state index contributed by atoms with van der Waals surface area (Å²) in [7, 11) is 1.62. The summed E-state index contributed by atoms with van der Waals surface area (Å²) in [5.74, 6) is 0.637. The minimum Gasteiger partial charge on any atom is -0.497 e. The second-order valence-electron chi connectivity index (χ2n) is 5.31. The van der Waals surface area contributed by atoms with E-state index in [9.17, 15) is 4.79 Å². The molecule has 0 aliphatic carbocycles. The van der Waals surface area contributed by atoms with Crippen LogP contribution in [0.1, 0.15) is 30.5 Å². The Hall–Kier alpha value is -2.62. The van der Waals surface area contributed by atoms with Crippen LogP contribution in [0.15, 0.2) is 53.6 Å². The van der Waals surface area contributed by atoms with Crippen molar-refractivity contribution in [2.75, 3.05) is 7.11 Å². The molecule has 120 valence electrons. The Labute approximate surface area is 137 Å². The highest BCUT2D eigenvalue weighted by Gasteiger charge is 2.04. The van der Waals surface area contributed by atoms with Crippen molar-refractivity contribution in [2.24, 2.45) is 5.10 Å². The van der Waals surface area contributed by atoms with Gasteiger partial charge in [-0.2, -0.15) is 5.10 Å². The van der Waals surface area contributed by atoms with E-state index in [1.165, 1.54) is 5.56 Å². The summed E-state index contributed by atoms with van der Waals surface area (Å²) in [4.78, 5) is 12.0. The van der Waals surface area contributed by atoms with Crippen molar-refractivity contribution in [1.29, 1.82) is 0 Å². The number of nitrogens with zero attached hydrogens (tertiary/aromatic N) is 1. The van der Waals surface area contributed by atoms with Gasteiger partial charge in [0.25, 0.3) is 0 Å². The Morgan fingerprint density at radius 2 is 1.65 bits per heavy atom. The summed E-state index contributed by atoms with van der Waals surface area (Å²) in [5.41, 5.74) is 6.60. The molecule has 2 aromatic rings. The zero-order valence-corrected chi connectivity index (χ0v) is 13.8. The number of amides is 1. The molecule has 2 rings (SSSR count). The summed E-state index contributed by atoms with van der Waals surface area (Å²) in [6.45, 7) is 4.00. The number of methoxy groups -OCH3 is 1. The molecule has 1 amide bonds. The van der Waals surface area contributed by atoms with Crippen molar-refractivity contribution in [3.8, 4) is 5.75 Å².